The van der Waals surface area contributed by atoms with Gasteiger partial charge in [0.15, 0.2) is 0 Å². The number of unbranched alkanes of at least 4 members (excludes halogenated alkanes) is 5. The number of hydrogen-bond donors (Lipinski definition) is 2. The molecule has 0 spiro atoms. The molecule has 0 aromatic carbocycles. The average molecular weight is 300 g/mol. The number of aliphatic carboxylic acids is 1. The van der Waals surface area contributed by atoms with Crippen molar-refractivity contribution in [3.8, 4) is 0 Å². The molecule has 0 aliphatic heterocycles. The highest BCUT2D eigenvalue weighted by molar-refractivity contribution is 5.74. The third-order valence-corrected chi connectivity index (χ3v) is 3.44. The van der Waals surface area contributed by atoms with Crippen LogP contribution in [0.3, 0.4) is 0 Å². The molecule has 21 heavy (non-hydrogen) atoms. The third-order valence-electron chi connectivity index (χ3n) is 3.44. The summed E-state index contributed by atoms with van der Waals surface area (Å²) in [4.78, 5) is 24.3. The van der Waals surface area contributed by atoms with Gasteiger partial charge in [0, 0.05) is 26.1 Å². The summed E-state index contributed by atoms with van der Waals surface area (Å²) in [6.45, 7) is 6.61. The molecule has 0 atom stereocenters. The van der Waals surface area contributed by atoms with Crippen LogP contribution < -0.4 is 5.32 Å². The Morgan fingerprint density at radius 1 is 0.905 bits per heavy atom. The maximum absolute atomic E-state index is 12.1. The Hall–Kier alpha value is -1.26. The summed E-state index contributed by atoms with van der Waals surface area (Å²) in [7, 11) is 0. The Labute approximate surface area is 129 Å². The first kappa shape index (κ1) is 19.7. The first-order valence-corrected chi connectivity index (χ1v) is 8.36. The van der Waals surface area contributed by atoms with Crippen molar-refractivity contribution in [2.24, 2.45) is 0 Å². The van der Waals surface area contributed by atoms with E-state index in [0.717, 1.165) is 64.5 Å². The highest BCUT2D eigenvalue weighted by Gasteiger charge is 2.11. The van der Waals surface area contributed by atoms with Crippen LogP contribution in [0.15, 0.2) is 0 Å². The van der Waals surface area contributed by atoms with Crippen molar-refractivity contribution in [2.45, 2.75) is 71.6 Å². The number of nitrogens with zero attached hydrogens (tertiary/aromatic N) is 1. The number of amides is 2. The van der Waals surface area contributed by atoms with Gasteiger partial charge >= 0.3 is 12.0 Å². The maximum Gasteiger partial charge on any atom is 0.317 e. The molecule has 0 radical (unpaired) electrons. The fourth-order valence-corrected chi connectivity index (χ4v) is 2.07. The molecule has 5 nitrogen and oxygen atoms in total. The zero-order chi connectivity index (χ0) is 15.9. The van der Waals surface area contributed by atoms with Crippen LogP contribution in [-0.2, 0) is 4.79 Å². The topological polar surface area (TPSA) is 69.6 Å². The maximum atomic E-state index is 12.1. The molecule has 2 N–H and O–H groups in total. The number of carboxylic acid groups (broad SMARTS) is 1. The number of nitrogens with one attached hydrogen (secondary N) is 1. The van der Waals surface area contributed by atoms with Crippen LogP contribution in [0.2, 0.25) is 0 Å². The Kier molecular flexibility index (Phi) is 12.9. The Balaban J connectivity index is 3.73. The lowest BCUT2D eigenvalue weighted by molar-refractivity contribution is -0.137. The highest BCUT2D eigenvalue weighted by Crippen LogP contribution is 2.03. The summed E-state index contributed by atoms with van der Waals surface area (Å²) in [6, 6.07) is 0.0439. The fraction of sp³-hybridized carbons (Fsp3) is 0.875. The zero-order valence-electron chi connectivity index (χ0n) is 13.7. The fourth-order valence-electron chi connectivity index (χ4n) is 2.07. The molecule has 0 aromatic heterocycles. The SMILES string of the molecule is CCCCN(CCCC)C(=O)NCCCCCCC(=O)O. The molecule has 0 aliphatic carbocycles. The van der Waals surface area contributed by atoms with Gasteiger partial charge in [0.25, 0.3) is 0 Å². The van der Waals surface area contributed by atoms with Crippen molar-refractivity contribution >= 4 is 12.0 Å². The van der Waals surface area contributed by atoms with Gasteiger partial charge in [-0.1, -0.05) is 39.5 Å². The van der Waals surface area contributed by atoms with E-state index in [1.165, 1.54) is 0 Å². The molecule has 0 heterocycles. The van der Waals surface area contributed by atoms with Crippen LogP contribution in [0.25, 0.3) is 0 Å². The van der Waals surface area contributed by atoms with Gasteiger partial charge in [-0.2, -0.15) is 0 Å². The monoisotopic (exact) mass is 300 g/mol. The van der Waals surface area contributed by atoms with Gasteiger partial charge in [0.05, 0.1) is 0 Å². The number of urea groups is 1. The molecule has 0 rings (SSSR count). The first-order chi connectivity index (χ1) is 10.1. The molecular weight excluding hydrogens is 268 g/mol. The number of carbonyl (C=O) groups is 2. The van der Waals surface area contributed by atoms with E-state index in [-0.39, 0.29) is 12.5 Å². The van der Waals surface area contributed by atoms with Crippen LogP contribution in [0.1, 0.15) is 71.6 Å². The minimum Gasteiger partial charge on any atom is -0.481 e. The van der Waals surface area contributed by atoms with Gasteiger partial charge < -0.3 is 15.3 Å². The van der Waals surface area contributed by atoms with Gasteiger partial charge in [-0.25, -0.2) is 4.79 Å². The summed E-state index contributed by atoms with van der Waals surface area (Å²) in [5.74, 6) is -0.731. The van der Waals surface area contributed by atoms with Crippen LogP contribution in [0.4, 0.5) is 4.79 Å². The van der Waals surface area contributed by atoms with Crippen molar-refractivity contribution in [3.05, 3.63) is 0 Å². The molecule has 124 valence electrons. The van der Waals surface area contributed by atoms with E-state index in [0.29, 0.717) is 6.54 Å². The van der Waals surface area contributed by atoms with E-state index in [2.05, 4.69) is 19.2 Å². The molecule has 0 bridgehead atoms. The molecule has 5 heteroatoms. The molecule has 0 fully saturated rings. The molecule has 0 unspecified atom stereocenters. The quantitative estimate of drug-likeness (QED) is 0.510. The number of rotatable bonds is 13. The van der Waals surface area contributed by atoms with Crippen molar-refractivity contribution in [1.82, 2.24) is 10.2 Å². The van der Waals surface area contributed by atoms with Gasteiger partial charge in [-0.15, -0.1) is 0 Å². The third kappa shape index (κ3) is 12.2. The van der Waals surface area contributed by atoms with Crippen molar-refractivity contribution in [2.75, 3.05) is 19.6 Å². The second kappa shape index (κ2) is 13.7. The van der Waals surface area contributed by atoms with Gasteiger partial charge in [0.1, 0.15) is 0 Å². The van der Waals surface area contributed by atoms with Crippen LogP contribution in [0, 0.1) is 0 Å². The van der Waals surface area contributed by atoms with Crippen molar-refractivity contribution in [3.63, 3.8) is 0 Å². The molecule has 0 aromatic rings. The van der Waals surface area contributed by atoms with Gasteiger partial charge in [0.2, 0.25) is 0 Å². The van der Waals surface area contributed by atoms with E-state index in [1.54, 1.807) is 0 Å². The minimum absolute atomic E-state index is 0.0439. The lowest BCUT2D eigenvalue weighted by Crippen LogP contribution is -2.41. The van der Waals surface area contributed by atoms with Crippen molar-refractivity contribution < 1.29 is 14.7 Å². The lowest BCUT2D eigenvalue weighted by Gasteiger charge is -2.22. The van der Waals surface area contributed by atoms with Crippen LogP contribution in [-0.4, -0.2) is 41.6 Å². The zero-order valence-corrected chi connectivity index (χ0v) is 13.7. The van der Waals surface area contributed by atoms with Gasteiger partial charge in [-0.3, -0.25) is 4.79 Å². The summed E-state index contributed by atoms with van der Waals surface area (Å²) < 4.78 is 0. The summed E-state index contributed by atoms with van der Waals surface area (Å²) in [5, 5.41) is 11.5. The number of carbonyl (C=O) groups excluding carboxylic acids is 1. The average Bonchev–Trinajstić information content (AvgIpc) is 2.46. The predicted molar refractivity (Wildman–Crippen MR) is 85.5 cm³/mol. The standard InChI is InChI=1S/C16H32N2O3/c1-3-5-13-18(14-6-4-2)16(21)17-12-10-8-7-9-11-15(19)20/h3-14H2,1-2H3,(H,17,21)(H,19,20). The molecule has 2 amide bonds. The number of carboxylic acids is 1. The van der Waals surface area contributed by atoms with E-state index in [4.69, 9.17) is 5.11 Å². The number of hydrogen-bond acceptors (Lipinski definition) is 2. The van der Waals surface area contributed by atoms with Crippen LogP contribution in [0.5, 0.6) is 0 Å². The minimum atomic E-state index is -0.731. The summed E-state index contributed by atoms with van der Waals surface area (Å²) in [6.07, 6.45) is 8.06. The molecular formula is C16H32N2O3. The van der Waals surface area contributed by atoms with E-state index >= 15 is 0 Å². The van der Waals surface area contributed by atoms with E-state index < -0.39 is 5.97 Å². The Morgan fingerprint density at radius 2 is 1.48 bits per heavy atom. The molecule has 0 saturated carbocycles. The second-order valence-corrected chi connectivity index (χ2v) is 5.48. The van der Waals surface area contributed by atoms with Gasteiger partial charge in [-0.05, 0) is 25.7 Å². The summed E-state index contributed by atoms with van der Waals surface area (Å²) >= 11 is 0. The Bertz CT molecular complexity index is 275. The molecule has 0 aliphatic rings. The second-order valence-electron chi connectivity index (χ2n) is 5.48. The highest BCUT2D eigenvalue weighted by atomic mass is 16.4. The normalized spacial score (nSPS) is 10.4. The van der Waals surface area contributed by atoms with Crippen molar-refractivity contribution in [1.29, 1.82) is 0 Å². The van der Waals surface area contributed by atoms with E-state index in [9.17, 15) is 9.59 Å². The predicted octanol–water partition coefficient (Wildman–Crippen LogP) is 3.63. The largest absolute Gasteiger partial charge is 0.481 e. The summed E-state index contributed by atoms with van der Waals surface area (Å²) in [5.41, 5.74) is 0. The lowest BCUT2D eigenvalue weighted by atomic mass is 10.1. The first-order valence-electron chi connectivity index (χ1n) is 8.36. The Morgan fingerprint density at radius 3 is 2.00 bits per heavy atom. The smallest absolute Gasteiger partial charge is 0.317 e. The van der Waals surface area contributed by atoms with E-state index in [1.807, 2.05) is 4.90 Å². The molecule has 0 saturated heterocycles. The van der Waals surface area contributed by atoms with Crippen LogP contribution >= 0.6 is 0 Å².